The summed E-state index contributed by atoms with van der Waals surface area (Å²) in [7, 11) is 0. The highest BCUT2D eigenvalue weighted by Gasteiger charge is 2.12. The van der Waals surface area contributed by atoms with Crippen LogP contribution in [0.4, 0.5) is 9.18 Å². The summed E-state index contributed by atoms with van der Waals surface area (Å²) >= 11 is 3.24. The molecule has 0 radical (unpaired) electrons. The van der Waals surface area contributed by atoms with E-state index in [1.807, 2.05) is 0 Å². The van der Waals surface area contributed by atoms with Crippen molar-refractivity contribution in [1.29, 1.82) is 0 Å². The van der Waals surface area contributed by atoms with Crippen LogP contribution in [-0.4, -0.2) is 17.9 Å². The van der Waals surface area contributed by atoms with Crippen molar-refractivity contribution in [2.45, 2.75) is 6.04 Å². The van der Waals surface area contributed by atoms with Crippen LogP contribution >= 0.6 is 15.9 Å². The van der Waals surface area contributed by atoms with Crippen LogP contribution in [0.25, 0.3) is 0 Å². The Morgan fingerprint density at radius 1 is 1.50 bits per heavy atom. The first-order valence-corrected chi connectivity index (χ1v) is 4.73. The zero-order valence-corrected chi connectivity index (χ0v) is 8.79. The van der Waals surface area contributed by atoms with E-state index < -0.39 is 18.8 Å². The average molecular weight is 262 g/mol. The zero-order valence-electron chi connectivity index (χ0n) is 7.21. The van der Waals surface area contributed by atoms with Gasteiger partial charge in [-0.05, 0) is 17.7 Å². The van der Waals surface area contributed by atoms with Gasteiger partial charge in [-0.1, -0.05) is 28.1 Å². The minimum Gasteiger partial charge on any atom is -0.465 e. The quantitative estimate of drug-likeness (QED) is 0.879. The van der Waals surface area contributed by atoms with Crippen molar-refractivity contribution in [3.05, 3.63) is 34.3 Å². The van der Waals surface area contributed by atoms with Crippen molar-refractivity contribution in [3.8, 4) is 0 Å². The van der Waals surface area contributed by atoms with Gasteiger partial charge < -0.3 is 10.4 Å². The number of carbonyl (C=O) groups is 1. The standard InChI is InChI=1S/C9H9BrFNO2/c10-7-3-1-6(2-4-7)8(5-11)12-9(13)14/h1-4,8,12H,5H2,(H,13,14). The van der Waals surface area contributed by atoms with E-state index in [1.165, 1.54) is 0 Å². The predicted molar refractivity (Wildman–Crippen MR) is 54.0 cm³/mol. The second-order valence-corrected chi connectivity index (χ2v) is 3.62. The average Bonchev–Trinajstić information content (AvgIpc) is 2.15. The summed E-state index contributed by atoms with van der Waals surface area (Å²) in [4.78, 5) is 10.3. The Morgan fingerprint density at radius 2 is 2.07 bits per heavy atom. The molecule has 1 aromatic rings. The van der Waals surface area contributed by atoms with E-state index in [2.05, 4.69) is 21.2 Å². The third-order valence-electron chi connectivity index (χ3n) is 1.72. The lowest BCUT2D eigenvalue weighted by molar-refractivity contribution is 0.187. The fraction of sp³-hybridized carbons (Fsp3) is 0.222. The van der Waals surface area contributed by atoms with Crippen molar-refractivity contribution in [1.82, 2.24) is 5.32 Å². The number of hydrogen-bond donors (Lipinski definition) is 2. The van der Waals surface area contributed by atoms with Gasteiger partial charge in [-0.3, -0.25) is 0 Å². The van der Waals surface area contributed by atoms with Crippen molar-refractivity contribution >= 4 is 22.0 Å². The molecule has 0 spiro atoms. The van der Waals surface area contributed by atoms with Crippen molar-refractivity contribution < 1.29 is 14.3 Å². The summed E-state index contributed by atoms with van der Waals surface area (Å²) < 4.78 is 13.3. The maximum atomic E-state index is 12.5. The summed E-state index contributed by atoms with van der Waals surface area (Å²) in [5.74, 6) is 0. The van der Waals surface area contributed by atoms with Crippen molar-refractivity contribution in [2.75, 3.05) is 6.67 Å². The Labute approximate surface area is 89.1 Å². The summed E-state index contributed by atoms with van der Waals surface area (Å²) in [6.45, 7) is -0.756. The first-order valence-electron chi connectivity index (χ1n) is 3.94. The smallest absolute Gasteiger partial charge is 0.405 e. The van der Waals surface area contributed by atoms with Gasteiger partial charge in [0.1, 0.15) is 6.67 Å². The van der Waals surface area contributed by atoms with E-state index >= 15 is 0 Å². The van der Waals surface area contributed by atoms with E-state index in [9.17, 15) is 9.18 Å². The molecule has 1 amide bonds. The number of halogens is 2. The van der Waals surface area contributed by atoms with Gasteiger partial charge in [0.2, 0.25) is 0 Å². The molecule has 76 valence electrons. The van der Waals surface area contributed by atoms with Gasteiger partial charge in [0.05, 0.1) is 6.04 Å². The van der Waals surface area contributed by atoms with Gasteiger partial charge in [-0.15, -0.1) is 0 Å². The molecule has 0 heterocycles. The molecule has 5 heteroatoms. The van der Waals surface area contributed by atoms with Gasteiger partial charge in [-0.25, -0.2) is 9.18 Å². The molecule has 0 bridgehead atoms. The normalized spacial score (nSPS) is 12.1. The second kappa shape index (κ2) is 4.95. The maximum absolute atomic E-state index is 12.5. The number of amides is 1. The Balaban J connectivity index is 2.78. The lowest BCUT2D eigenvalue weighted by atomic mass is 10.1. The number of nitrogens with one attached hydrogen (secondary N) is 1. The van der Waals surface area contributed by atoms with Crippen LogP contribution in [-0.2, 0) is 0 Å². The highest BCUT2D eigenvalue weighted by atomic mass is 79.9. The summed E-state index contributed by atoms with van der Waals surface area (Å²) in [6.07, 6.45) is -1.23. The van der Waals surface area contributed by atoms with Gasteiger partial charge in [0.25, 0.3) is 0 Å². The molecule has 1 rings (SSSR count). The topological polar surface area (TPSA) is 49.3 Å². The summed E-state index contributed by atoms with van der Waals surface area (Å²) in [5.41, 5.74) is 0.609. The molecule has 14 heavy (non-hydrogen) atoms. The van der Waals surface area contributed by atoms with E-state index in [0.717, 1.165) is 4.47 Å². The number of carboxylic acid groups (broad SMARTS) is 1. The minimum absolute atomic E-state index is 0.609. The lowest BCUT2D eigenvalue weighted by Crippen LogP contribution is -2.28. The van der Waals surface area contributed by atoms with E-state index in [4.69, 9.17) is 5.11 Å². The second-order valence-electron chi connectivity index (χ2n) is 2.71. The molecule has 2 N–H and O–H groups in total. The molecule has 0 saturated carbocycles. The maximum Gasteiger partial charge on any atom is 0.405 e. The van der Waals surface area contributed by atoms with Crippen molar-refractivity contribution in [3.63, 3.8) is 0 Å². The number of rotatable bonds is 3. The van der Waals surface area contributed by atoms with Gasteiger partial charge in [0, 0.05) is 4.47 Å². The molecule has 1 unspecified atom stereocenters. The van der Waals surface area contributed by atoms with Gasteiger partial charge in [0.15, 0.2) is 0 Å². The largest absolute Gasteiger partial charge is 0.465 e. The Kier molecular flexibility index (Phi) is 3.88. The summed E-state index contributed by atoms with van der Waals surface area (Å²) in [5, 5.41) is 10.5. The fourth-order valence-corrected chi connectivity index (χ4v) is 1.32. The third-order valence-corrected chi connectivity index (χ3v) is 2.25. The molecule has 3 nitrogen and oxygen atoms in total. The lowest BCUT2D eigenvalue weighted by Gasteiger charge is -2.13. The van der Waals surface area contributed by atoms with Gasteiger partial charge >= 0.3 is 6.09 Å². The van der Waals surface area contributed by atoms with E-state index in [0.29, 0.717) is 5.56 Å². The van der Waals surface area contributed by atoms with Gasteiger partial charge in [-0.2, -0.15) is 0 Å². The molecule has 1 aromatic carbocycles. The molecule has 1 atom stereocenters. The fourth-order valence-electron chi connectivity index (χ4n) is 1.06. The SMILES string of the molecule is O=C(O)NC(CF)c1ccc(Br)cc1. The highest BCUT2D eigenvalue weighted by molar-refractivity contribution is 9.10. The predicted octanol–water partition coefficient (Wildman–Crippen LogP) is 2.73. The van der Waals surface area contributed by atoms with Crippen LogP contribution in [0.2, 0.25) is 0 Å². The Morgan fingerprint density at radius 3 is 2.50 bits per heavy atom. The number of alkyl halides is 1. The minimum atomic E-state index is -1.23. The van der Waals surface area contributed by atoms with Crippen LogP contribution in [0.5, 0.6) is 0 Å². The molecular weight excluding hydrogens is 253 g/mol. The third kappa shape index (κ3) is 2.99. The van der Waals surface area contributed by atoms with Crippen LogP contribution in [0.3, 0.4) is 0 Å². The Hall–Kier alpha value is -1.10. The van der Waals surface area contributed by atoms with E-state index in [-0.39, 0.29) is 0 Å². The van der Waals surface area contributed by atoms with Crippen LogP contribution < -0.4 is 5.32 Å². The first kappa shape index (κ1) is 11.0. The Bertz CT molecular complexity index is 315. The molecule has 0 aliphatic heterocycles. The van der Waals surface area contributed by atoms with Crippen LogP contribution in [0.1, 0.15) is 11.6 Å². The van der Waals surface area contributed by atoms with Crippen molar-refractivity contribution in [2.24, 2.45) is 0 Å². The summed E-state index contributed by atoms with van der Waals surface area (Å²) in [6, 6.07) is 6.03. The monoisotopic (exact) mass is 261 g/mol. The molecule has 0 aliphatic rings. The molecule has 0 saturated heterocycles. The molecule has 0 aromatic heterocycles. The number of benzene rings is 1. The van der Waals surface area contributed by atoms with E-state index in [1.54, 1.807) is 24.3 Å². The highest BCUT2D eigenvalue weighted by Crippen LogP contribution is 2.17. The van der Waals surface area contributed by atoms with Crippen LogP contribution in [0, 0.1) is 0 Å². The molecule has 0 fully saturated rings. The zero-order chi connectivity index (χ0) is 10.6. The first-order chi connectivity index (χ1) is 6.63. The molecular formula is C9H9BrFNO2. The molecule has 0 aliphatic carbocycles. The van der Waals surface area contributed by atoms with Crippen LogP contribution in [0.15, 0.2) is 28.7 Å². The number of hydrogen-bond acceptors (Lipinski definition) is 1.